The van der Waals surface area contributed by atoms with Crippen LogP contribution in [0.1, 0.15) is 15.2 Å². The molecule has 0 bridgehead atoms. The van der Waals surface area contributed by atoms with Crippen molar-refractivity contribution in [3.8, 4) is 0 Å². The van der Waals surface area contributed by atoms with Crippen molar-refractivity contribution in [2.75, 3.05) is 7.05 Å². The summed E-state index contributed by atoms with van der Waals surface area (Å²) in [6.07, 6.45) is 0. The van der Waals surface area contributed by atoms with Crippen molar-refractivity contribution >= 4 is 27.3 Å². The highest BCUT2D eigenvalue weighted by Gasteiger charge is 2.22. The average molecular weight is 311 g/mol. The van der Waals surface area contributed by atoms with Gasteiger partial charge in [0.1, 0.15) is 0 Å². The molecule has 106 valence electrons. The van der Waals surface area contributed by atoms with E-state index < -0.39 is 16.0 Å². The van der Waals surface area contributed by atoms with Crippen LogP contribution >= 0.6 is 11.3 Å². The van der Waals surface area contributed by atoms with Crippen LogP contribution in [0.2, 0.25) is 0 Å². The minimum absolute atomic E-state index is 0.0172. The second-order valence-electron chi connectivity index (χ2n) is 4.17. The third-order valence-electron chi connectivity index (χ3n) is 2.75. The Hall–Kier alpha value is -1.70. The minimum Gasteiger partial charge on any atom is -0.478 e. The van der Waals surface area contributed by atoms with Crippen molar-refractivity contribution in [2.24, 2.45) is 0 Å². The van der Waals surface area contributed by atoms with Crippen LogP contribution < -0.4 is 0 Å². The maximum Gasteiger partial charge on any atom is 0.335 e. The number of nitrogens with zero attached hydrogens (tertiary/aromatic N) is 1. The molecule has 2 aromatic rings. The van der Waals surface area contributed by atoms with Gasteiger partial charge in [0.15, 0.2) is 0 Å². The molecule has 0 saturated carbocycles. The maximum atomic E-state index is 12.4. The van der Waals surface area contributed by atoms with Gasteiger partial charge in [-0.1, -0.05) is 12.1 Å². The van der Waals surface area contributed by atoms with Gasteiger partial charge in [-0.25, -0.2) is 13.2 Å². The lowest BCUT2D eigenvalue weighted by molar-refractivity contribution is 0.0696. The molecule has 20 heavy (non-hydrogen) atoms. The van der Waals surface area contributed by atoms with Gasteiger partial charge in [0.25, 0.3) is 0 Å². The van der Waals surface area contributed by atoms with Crippen LogP contribution in [0, 0.1) is 0 Å². The van der Waals surface area contributed by atoms with E-state index in [0.29, 0.717) is 0 Å². The van der Waals surface area contributed by atoms with Crippen LogP contribution in [0.5, 0.6) is 0 Å². The number of aromatic carboxylic acids is 1. The number of carbonyl (C=O) groups is 1. The number of hydrogen-bond donors (Lipinski definition) is 1. The first kappa shape index (κ1) is 14.7. The molecule has 0 aliphatic heterocycles. The lowest BCUT2D eigenvalue weighted by Crippen LogP contribution is -2.26. The highest BCUT2D eigenvalue weighted by atomic mass is 32.2. The molecule has 1 aromatic heterocycles. The SMILES string of the molecule is CN(Cc1cccs1)S(=O)(=O)c1cccc(C(=O)O)c1. The van der Waals surface area contributed by atoms with Gasteiger partial charge in [0, 0.05) is 18.5 Å². The predicted molar refractivity (Wildman–Crippen MR) is 76.4 cm³/mol. The molecule has 0 saturated heterocycles. The molecular weight excluding hydrogens is 298 g/mol. The second-order valence-corrected chi connectivity index (χ2v) is 7.25. The smallest absolute Gasteiger partial charge is 0.335 e. The van der Waals surface area contributed by atoms with Gasteiger partial charge in [-0.2, -0.15) is 4.31 Å². The summed E-state index contributed by atoms with van der Waals surface area (Å²) in [7, 11) is -2.22. The third kappa shape index (κ3) is 3.06. The second kappa shape index (κ2) is 5.74. The van der Waals surface area contributed by atoms with E-state index in [0.717, 1.165) is 4.88 Å². The van der Waals surface area contributed by atoms with Gasteiger partial charge in [-0.3, -0.25) is 0 Å². The Morgan fingerprint density at radius 3 is 2.65 bits per heavy atom. The number of sulfonamides is 1. The summed E-state index contributed by atoms with van der Waals surface area (Å²) in [5, 5.41) is 10.8. The van der Waals surface area contributed by atoms with Crippen molar-refractivity contribution in [1.29, 1.82) is 0 Å². The highest BCUT2D eigenvalue weighted by molar-refractivity contribution is 7.89. The zero-order valence-corrected chi connectivity index (χ0v) is 12.3. The summed E-state index contributed by atoms with van der Waals surface area (Å²) in [6, 6.07) is 9.06. The van der Waals surface area contributed by atoms with Gasteiger partial charge in [-0.05, 0) is 29.6 Å². The van der Waals surface area contributed by atoms with E-state index >= 15 is 0 Å². The van der Waals surface area contributed by atoms with E-state index in [2.05, 4.69) is 0 Å². The van der Waals surface area contributed by atoms with Gasteiger partial charge >= 0.3 is 5.97 Å². The quantitative estimate of drug-likeness (QED) is 0.919. The lowest BCUT2D eigenvalue weighted by atomic mass is 10.2. The number of rotatable bonds is 5. The lowest BCUT2D eigenvalue weighted by Gasteiger charge is -2.16. The van der Waals surface area contributed by atoms with E-state index in [1.807, 2.05) is 17.5 Å². The summed E-state index contributed by atoms with van der Waals surface area (Å²) < 4.78 is 25.9. The highest BCUT2D eigenvalue weighted by Crippen LogP contribution is 2.19. The molecule has 1 N–H and O–H groups in total. The maximum absolute atomic E-state index is 12.4. The number of hydrogen-bond acceptors (Lipinski definition) is 4. The van der Waals surface area contributed by atoms with Crippen LogP contribution in [0.3, 0.4) is 0 Å². The topological polar surface area (TPSA) is 74.7 Å². The zero-order chi connectivity index (χ0) is 14.8. The number of carboxylic acid groups (broad SMARTS) is 1. The van der Waals surface area contributed by atoms with E-state index in [1.54, 1.807) is 0 Å². The average Bonchev–Trinajstić information content (AvgIpc) is 2.91. The fourth-order valence-corrected chi connectivity index (χ4v) is 3.71. The summed E-state index contributed by atoms with van der Waals surface area (Å²) in [5.74, 6) is -1.15. The molecule has 0 radical (unpaired) electrons. The molecule has 2 rings (SSSR count). The Labute approximate surface area is 121 Å². The molecule has 1 aromatic carbocycles. The van der Waals surface area contributed by atoms with Gasteiger partial charge < -0.3 is 5.11 Å². The molecule has 0 fully saturated rings. The molecule has 0 aliphatic rings. The Morgan fingerprint density at radius 1 is 1.30 bits per heavy atom. The number of thiophene rings is 1. The van der Waals surface area contributed by atoms with Gasteiger partial charge in [-0.15, -0.1) is 11.3 Å². The Kier molecular flexibility index (Phi) is 4.22. The van der Waals surface area contributed by atoms with Gasteiger partial charge in [0.2, 0.25) is 10.0 Å². The summed E-state index contributed by atoms with van der Waals surface area (Å²) in [5.41, 5.74) is -0.0457. The van der Waals surface area contributed by atoms with Crippen molar-refractivity contribution in [2.45, 2.75) is 11.4 Å². The van der Waals surface area contributed by atoms with Crippen LogP contribution in [0.25, 0.3) is 0 Å². The first-order chi connectivity index (χ1) is 9.41. The zero-order valence-electron chi connectivity index (χ0n) is 10.7. The van der Waals surface area contributed by atoms with Gasteiger partial charge in [0.05, 0.1) is 10.5 Å². The normalized spacial score (nSPS) is 11.7. The molecule has 0 atom stereocenters. The van der Waals surface area contributed by atoms with E-state index in [-0.39, 0.29) is 17.0 Å². The Balaban J connectivity index is 2.29. The summed E-state index contributed by atoms with van der Waals surface area (Å²) in [4.78, 5) is 11.8. The van der Waals surface area contributed by atoms with E-state index in [9.17, 15) is 13.2 Å². The fraction of sp³-hybridized carbons (Fsp3) is 0.154. The molecule has 0 aliphatic carbocycles. The van der Waals surface area contributed by atoms with Crippen molar-refractivity contribution < 1.29 is 18.3 Å². The van der Waals surface area contributed by atoms with Crippen LogP contribution in [-0.2, 0) is 16.6 Å². The molecule has 0 unspecified atom stereocenters. The fourth-order valence-electron chi connectivity index (χ4n) is 1.68. The predicted octanol–water partition coefficient (Wildman–Crippen LogP) is 2.27. The molecule has 0 spiro atoms. The molecule has 7 heteroatoms. The monoisotopic (exact) mass is 311 g/mol. The Morgan fingerprint density at radius 2 is 2.05 bits per heavy atom. The largest absolute Gasteiger partial charge is 0.478 e. The van der Waals surface area contributed by atoms with E-state index in [1.165, 1.54) is 47.0 Å². The van der Waals surface area contributed by atoms with Crippen LogP contribution in [-0.4, -0.2) is 30.8 Å². The van der Waals surface area contributed by atoms with Crippen LogP contribution in [0.15, 0.2) is 46.7 Å². The standard InChI is InChI=1S/C13H13NO4S2/c1-14(9-11-5-3-7-19-11)20(17,18)12-6-2-4-10(8-12)13(15)16/h2-8H,9H2,1H3,(H,15,16). The number of carboxylic acids is 1. The molecule has 1 heterocycles. The number of benzene rings is 1. The first-order valence-corrected chi connectivity index (χ1v) is 8.05. The van der Waals surface area contributed by atoms with E-state index in [4.69, 9.17) is 5.11 Å². The summed E-state index contributed by atoms with van der Waals surface area (Å²) >= 11 is 1.47. The van der Waals surface area contributed by atoms with Crippen molar-refractivity contribution in [3.05, 3.63) is 52.2 Å². The molecule has 5 nitrogen and oxygen atoms in total. The third-order valence-corrected chi connectivity index (χ3v) is 5.41. The Bertz CT molecular complexity index is 708. The van der Waals surface area contributed by atoms with Crippen LogP contribution in [0.4, 0.5) is 0 Å². The molecular formula is C13H13NO4S2. The van der Waals surface area contributed by atoms with Crippen molar-refractivity contribution in [3.63, 3.8) is 0 Å². The minimum atomic E-state index is -3.69. The first-order valence-electron chi connectivity index (χ1n) is 5.73. The molecule has 0 amide bonds. The summed E-state index contributed by atoms with van der Waals surface area (Å²) in [6.45, 7) is 0.261. The van der Waals surface area contributed by atoms with Crippen molar-refractivity contribution in [1.82, 2.24) is 4.31 Å².